The molecule has 0 N–H and O–H groups in total. The summed E-state index contributed by atoms with van der Waals surface area (Å²) >= 11 is 0. The molecule has 106 valence electrons. The summed E-state index contributed by atoms with van der Waals surface area (Å²) in [5.41, 5.74) is 0. The van der Waals surface area contributed by atoms with E-state index >= 15 is 0 Å². The fourth-order valence-corrected chi connectivity index (χ4v) is 2.94. The van der Waals surface area contributed by atoms with Crippen LogP contribution in [0.4, 0.5) is 0 Å². The normalized spacial score (nSPS) is 23.7. The second kappa shape index (κ2) is 7.78. The highest BCUT2D eigenvalue weighted by atomic mass is 16.5. The van der Waals surface area contributed by atoms with Gasteiger partial charge in [0.05, 0.1) is 6.61 Å². The standard InChI is InChI=1S/C15H29NO2/c1-5-14(15(17)18-6-2)16-10-7-8-13(9-11-16)12(3)4/h12-14H,5-11H2,1-4H3. The van der Waals surface area contributed by atoms with Crippen molar-refractivity contribution in [2.45, 2.75) is 59.4 Å². The van der Waals surface area contributed by atoms with Crippen molar-refractivity contribution in [3.8, 4) is 0 Å². The lowest BCUT2D eigenvalue weighted by Gasteiger charge is -2.28. The number of ether oxygens (including phenoxy) is 1. The smallest absolute Gasteiger partial charge is 0.323 e. The average Bonchev–Trinajstić information content (AvgIpc) is 2.56. The Hall–Kier alpha value is -0.570. The van der Waals surface area contributed by atoms with Crippen molar-refractivity contribution in [3.05, 3.63) is 0 Å². The van der Waals surface area contributed by atoms with Gasteiger partial charge in [-0.2, -0.15) is 0 Å². The van der Waals surface area contributed by atoms with E-state index in [1.165, 1.54) is 19.3 Å². The first-order chi connectivity index (χ1) is 8.60. The summed E-state index contributed by atoms with van der Waals surface area (Å²) in [6.45, 7) is 11.1. The van der Waals surface area contributed by atoms with E-state index < -0.39 is 0 Å². The van der Waals surface area contributed by atoms with Gasteiger partial charge in [-0.1, -0.05) is 20.8 Å². The highest BCUT2D eigenvalue weighted by Gasteiger charge is 2.28. The zero-order valence-corrected chi connectivity index (χ0v) is 12.4. The number of carbonyl (C=O) groups is 1. The molecule has 3 heteroatoms. The summed E-state index contributed by atoms with van der Waals surface area (Å²) in [4.78, 5) is 14.3. The molecule has 18 heavy (non-hydrogen) atoms. The molecule has 0 bridgehead atoms. The van der Waals surface area contributed by atoms with Gasteiger partial charge in [-0.3, -0.25) is 9.69 Å². The Balaban J connectivity index is 2.56. The predicted octanol–water partition coefficient (Wildman–Crippen LogP) is 3.09. The van der Waals surface area contributed by atoms with E-state index in [9.17, 15) is 4.79 Å². The fourth-order valence-electron chi connectivity index (χ4n) is 2.94. The number of rotatable bonds is 5. The van der Waals surface area contributed by atoms with Crippen LogP contribution in [0.2, 0.25) is 0 Å². The summed E-state index contributed by atoms with van der Waals surface area (Å²) < 4.78 is 5.18. The summed E-state index contributed by atoms with van der Waals surface area (Å²) in [6, 6.07) is -0.0316. The maximum absolute atomic E-state index is 11.9. The van der Waals surface area contributed by atoms with E-state index in [1.807, 2.05) is 6.92 Å². The maximum Gasteiger partial charge on any atom is 0.323 e. The van der Waals surface area contributed by atoms with E-state index in [-0.39, 0.29) is 12.0 Å². The number of hydrogen-bond acceptors (Lipinski definition) is 3. The second-order valence-corrected chi connectivity index (χ2v) is 5.65. The van der Waals surface area contributed by atoms with Crippen molar-refractivity contribution in [2.24, 2.45) is 11.8 Å². The van der Waals surface area contributed by atoms with Gasteiger partial charge in [0.25, 0.3) is 0 Å². The molecule has 0 spiro atoms. The van der Waals surface area contributed by atoms with E-state index in [1.54, 1.807) is 0 Å². The molecule has 0 aliphatic carbocycles. The molecule has 0 aromatic carbocycles. The van der Waals surface area contributed by atoms with Gasteiger partial charge in [0.15, 0.2) is 0 Å². The van der Waals surface area contributed by atoms with Gasteiger partial charge < -0.3 is 4.74 Å². The number of hydrogen-bond donors (Lipinski definition) is 0. The Morgan fingerprint density at radius 1 is 1.28 bits per heavy atom. The van der Waals surface area contributed by atoms with Crippen molar-refractivity contribution in [1.82, 2.24) is 4.90 Å². The molecule has 0 radical (unpaired) electrons. The third kappa shape index (κ3) is 4.27. The van der Waals surface area contributed by atoms with Crippen LogP contribution >= 0.6 is 0 Å². The Labute approximate surface area is 112 Å². The minimum Gasteiger partial charge on any atom is -0.465 e. The monoisotopic (exact) mass is 255 g/mol. The predicted molar refractivity (Wildman–Crippen MR) is 74.5 cm³/mol. The number of likely N-dealkylation sites (tertiary alicyclic amines) is 1. The molecule has 2 unspecified atom stereocenters. The molecule has 0 aromatic heterocycles. The molecule has 1 rings (SSSR count). The molecular formula is C15H29NO2. The summed E-state index contributed by atoms with van der Waals surface area (Å²) in [6.07, 6.45) is 4.57. The summed E-state index contributed by atoms with van der Waals surface area (Å²) in [7, 11) is 0. The second-order valence-electron chi connectivity index (χ2n) is 5.65. The molecule has 1 heterocycles. The van der Waals surface area contributed by atoms with Crippen molar-refractivity contribution in [2.75, 3.05) is 19.7 Å². The van der Waals surface area contributed by atoms with Crippen molar-refractivity contribution in [3.63, 3.8) is 0 Å². The molecule has 0 saturated carbocycles. The van der Waals surface area contributed by atoms with Crippen LogP contribution in [0.5, 0.6) is 0 Å². The Morgan fingerprint density at radius 2 is 2.00 bits per heavy atom. The molecule has 2 atom stereocenters. The lowest BCUT2D eigenvalue weighted by Crippen LogP contribution is -2.42. The maximum atomic E-state index is 11.9. The van der Waals surface area contributed by atoms with Crippen LogP contribution < -0.4 is 0 Å². The minimum absolute atomic E-state index is 0.0316. The minimum atomic E-state index is -0.0389. The summed E-state index contributed by atoms with van der Waals surface area (Å²) in [5, 5.41) is 0. The van der Waals surface area contributed by atoms with Crippen LogP contribution in [0.15, 0.2) is 0 Å². The zero-order chi connectivity index (χ0) is 13.5. The highest BCUT2D eigenvalue weighted by Crippen LogP contribution is 2.26. The van der Waals surface area contributed by atoms with Gasteiger partial charge in [0.1, 0.15) is 6.04 Å². The zero-order valence-electron chi connectivity index (χ0n) is 12.4. The summed E-state index contributed by atoms with van der Waals surface area (Å²) in [5.74, 6) is 1.53. The van der Waals surface area contributed by atoms with E-state index in [0.29, 0.717) is 6.61 Å². The first-order valence-electron chi connectivity index (χ1n) is 7.50. The Morgan fingerprint density at radius 3 is 2.56 bits per heavy atom. The number of esters is 1. The van der Waals surface area contributed by atoms with Gasteiger partial charge in [-0.05, 0) is 57.5 Å². The largest absolute Gasteiger partial charge is 0.465 e. The van der Waals surface area contributed by atoms with E-state index in [2.05, 4.69) is 25.7 Å². The first-order valence-corrected chi connectivity index (χ1v) is 7.50. The van der Waals surface area contributed by atoms with E-state index in [0.717, 1.165) is 31.3 Å². The fraction of sp³-hybridized carbons (Fsp3) is 0.933. The molecule has 1 aliphatic heterocycles. The first kappa shape index (κ1) is 15.5. The van der Waals surface area contributed by atoms with Crippen molar-refractivity contribution < 1.29 is 9.53 Å². The van der Waals surface area contributed by atoms with Crippen LogP contribution in [0.1, 0.15) is 53.4 Å². The van der Waals surface area contributed by atoms with Crippen LogP contribution in [0.25, 0.3) is 0 Å². The highest BCUT2D eigenvalue weighted by molar-refractivity contribution is 5.75. The topological polar surface area (TPSA) is 29.5 Å². The SMILES string of the molecule is CCOC(=O)C(CC)N1CCCC(C(C)C)CC1. The van der Waals surface area contributed by atoms with Gasteiger partial charge >= 0.3 is 5.97 Å². The molecule has 3 nitrogen and oxygen atoms in total. The molecule has 1 fully saturated rings. The van der Waals surface area contributed by atoms with Crippen LogP contribution in [-0.4, -0.2) is 36.6 Å². The van der Waals surface area contributed by atoms with Crippen molar-refractivity contribution >= 4 is 5.97 Å². The molecule has 1 saturated heterocycles. The van der Waals surface area contributed by atoms with E-state index in [4.69, 9.17) is 4.74 Å². The molecular weight excluding hydrogens is 226 g/mol. The number of carbonyl (C=O) groups excluding carboxylic acids is 1. The van der Waals surface area contributed by atoms with Crippen LogP contribution in [0, 0.1) is 11.8 Å². The molecule has 1 aliphatic rings. The van der Waals surface area contributed by atoms with Gasteiger partial charge in [0, 0.05) is 0 Å². The third-order valence-corrected chi connectivity index (χ3v) is 4.14. The lowest BCUT2D eigenvalue weighted by atomic mass is 9.89. The van der Waals surface area contributed by atoms with Crippen molar-refractivity contribution in [1.29, 1.82) is 0 Å². The van der Waals surface area contributed by atoms with Crippen LogP contribution in [0.3, 0.4) is 0 Å². The Bertz CT molecular complexity index is 253. The molecule has 0 amide bonds. The average molecular weight is 255 g/mol. The van der Waals surface area contributed by atoms with Gasteiger partial charge in [0.2, 0.25) is 0 Å². The van der Waals surface area contributed by atoms with Gasteiger partial charge in [-0.25, -0.2) is 0 Å². The van der Waals surface area contributed by atoms with Crippen LogP contribution in [-0.2, 0) is 9.53 Å². The Kier molecular flexibility index (Phi) is 6.69. The lowest BCUT2D eigenvalue weighted by molar-refractivity contribution is -0.149. The number of nitrogens with zero attached hydrogens (tertiary/aromatic N) is 1. The third-order valence-electron chi connectivity index (χ3n) is 4.14. The quantitative estimate of drug-likeness (QED) is 0.707. The van der Waals surface area contributed by atoms with Gasteiger partial charge in [-0.15, -0.1) is 0 Å². The molecule has 0 aromatic rings.